The van der Waals surface area contributed by atoms with Crippen molar-refractivity contribution < 1.29 is 29.0 Å². The molecule has 0 aromatic heterocycles. The summed E-state index contributed by atoms with van der Waals surface area (Å²) in [7, 11) is 0. The second kappa shape index (κ2) is 5.94. The van der Waals surface area contributed by atoms with Gasteiger partial charge in [-0.1, -0.05) is 6.07 Å². The zero-order valence-electron chi connectivity index (χ0n) is 10.0. The number of halogens is 1. The highest BCUT2D eigenvalue weighted by Crippen LogP contribution is 2.10. The highest BCUT2D eigenvalue weighted by Gasteiger charge is 2.24. The Kier molecular flexibility index (Phi) is 4.57. The van der Waals surface area contributed by atoms with Crippen LogP contribution in [0.4, 0.5) is 4.39 Å². The molecular weight excluding hydrogens is 257 g/mol. The standard InChI is InChI=1S/C12H12FNO5/c1-6-2-3-7(13)4-8(6)11(17)14-9(12(18)19)5-10(15)16/h2-4,9H,5H2,1H3,(H,14,17)(H,15,16)(H,18,19)/t9-/m0/s1. The second-order valence-corrected chi connectivity index (χ2v) is 3.92. The summed E-state index contributed by atoms with van der Waals surface area (Å²) in [5.74, 6) is -4.29. The van der Waals surface area contributed by atoms with Crippen molar-refractivity contribution in [3.05, 3.63) is 35.1 Å². The first-order valence-corrected chi connectivity index (χ1v) is 5.33. The largest absolute Gasteiger partial charge is 0.481 e. The van der Waals surface area contributed by atoms with E-state index in [0.29, 0.717) is 5.56 Å². The number of aliphatic carboxylic acids is 2. The van der Waals surface area contributed by atoms with Crippen molar-refractivity contribution in [3.8, 4) is 0 Å². The molecule has 0 unspecified atom stereocenters. The fraction of sp³-hybridized carbons (Fsp3) is 0.250. The van der Waals surface area contributed by atoms with Gasteiger partial charge in [0.1, 0.15) is 11.9 Å². The van der Waals surface area contributed by atoms with Crippen molar-refractivity contribution in [2.45, 2.75) is 19.4 Å². The number of carboxylic acids is 2. The van der Waals surface area contributed by atoms with Crippen molar-refractivity contribution in [3.63, 3.8) is 0 Å². The maximum absolute atomic E-state index is 13.0. The molecule has 0 saturated heterocycles. The molecule has 0 spiro atoms. The molecule has 19 heavy (non-hydrogen) atoms. The van der Waals surface area contributed by atoms with Gasteiger partial charge in [0.15, 0.2) is 0 Å². The molecule has 0 heterocycles. The van der Waals surface area contributed by atoms with Crippen molar-refractivity contribution in [1.82, 2.24) is 5.32 Å². The monoisotopic (exact) mass is 269 g/mol. The van der Waals surface area contributed by atoms with Crippen LogP contribution in [0.2, 0.25) is 0 Å². The highest BCUT2D eigenvalue weighted by molar-refractivity contribution is 5.98. The van der Waals surface area contributed by atoms with E-state index in [1.165, 1.54) is 6.07 Å². The summed E-state index contributed by atoms with van der Waals surface area (Å²) in [5.41, 5.74) is 0.426. The van der Waals surface area contributed by atoms with Crippen LogP contribution in [0.25, 0.3) is 0 Å². The minimum atomic E-state index is -1.56. The summed E-state index contributed by atoms with van der Waals surface area (Å²) < 4.78 is 13.0. The Morgan fingerprint density at radius 1 is 1.32 bits per heavy atom. The predicted molar refractivity (Wildman–Crippen MR) is 62.3 cm³/mol. The fourth-order valence-corrected chi connectivity index (χ4v) is 1.45. The molecule has 0 radical (unpaired) electrons. The van der Waals surface area contributed by atoms with Gasteiger partial charge in [0.2, 0.25) is 0 Å². The van der Waals surface area contributed by atoms with Crippen LogP contribution >= 0.6 is 0 Å². The van der Waals surface area contributed by atoms with Crippen molar-refractivity contribution in [2.75, 3.05) is 0 Å². The molecule has 0 aliphatic carbocycles. The van der Waals surface area contributed by atoms with Gasteiger partial charge in [0.05, 0.1) is 6.42 Å². The number of hydrogen-bond donors (Lipinski definition) is 3. The number of amides is 1. The Bertz CT molecular complexity index is 529. The van der Waals surface area contributed by atoms with Gasteiger partial charge < -0.3 is 15.5 Å². The quantitative estimate of drug-likeness (QED) is 0.733. The van der Waals surface area contributed by atoms with Gasteiger partial charge in [-0.3, -0.25) is 9.59 Å². The lowest BCUT2D eigenvalue weighted by molar-refractivity contribution is -0.145. The van der Waals surface area contributed by atoms with Crippen LogP contribution in [0.5, 0.6) is 0 Å². The predicted octanol–water partition coefficient (Wildman–Crippen LogP) is 0.792. The number of carbonyl (C=O) groups excluding carboxylic acids is 1. The summed E-state index contributed by atoms with van der Waals surface area (Å²) >= 11 is 0. The van der Waals surface area contributed by atoms with Gasteiger partial charge in [-0.15, -0.1) is 0 Å². The number of carbonyl (C=O) groups is 3. The molecule has 0 bridgehead atoms. The molecule has 7 heteroatoms. The van der Waals surface area contributed by atoms with Crippen LogP contribution < -0.4 is 5.32 Å². The minimum Gasteiger partial charge on any atom is -0.481 e. The summed E-state index contributed by atoms with van der Waals surface area (Å²) in [6.07, 6.45) is -0.755. The van der Waals surface area contributed by atoms with E-state index in [4.69, 9.17) is 10.2 Å². The van der Waals surface area contributed by atoms with Crippen LogP contribution in [0.3, 0.4) is 0 Å². The third-order valence-corrected chi connectivity index (χ3v) is 2.43. The van der Waals surface area contributed by atoms with Gasteiger partial charge in [-0.05, 0) is 24.6 Å². The lowest BCUT2D eigenvalue weighted by Gasteiger charge is -2.13. The van der Waals surface area contributed by atoms with E-state index >= 15 is 0 Å². The Balaban J connectivity index is 2.90. The molecule has 0 saturated carbocycles. The van der Waals surface area contributed by atoms with Crippen molar-refractivity contribution in [2.24, 2.45) is 0 Å². The van der Waals surface area contributed by atoms with E-state index in [1.807, 2.05) is 5.32 Å². The average molecular weight is 269 g/mol. The molecule has 1 amide bonds. The number of benzene rings is 1. The summed E-state index contributed by atoms with van der Waals surface area (Å²) in [4.78, 5) is 33.1. The zero-order chi connectivity index (χ0) is 14.6. The molecule has 3 N–H and O–H groups in total. The first-order chi connectivity index (χ1) is 8.81. The van der Waals surface area contributed by atoms with Crippen LogP contribution in [-0.4, -0.2) is 34.1 Å². The van der Waals surface area contributed by atoms with Gasteiger partial charge in [-0.25, -0.2) is 9.18 Å². The van der Waals surface area contributed by atoms with Crippen LogP contribution in [0.15, 0.2) is 18.2 Å². The van der Waals surface area contributed by atoms with Crippen LogP contribution in [-0.2, 0) is 9.59 Å². The van der Waals surface area contributed by atoms with Crippen molar-refractivity contribution >= 4 is 17.8 Å². The van der Waals surface area contributed by atoms with E-state index in [0.717, 1.165) is 12.1 Å². The average Bonchev–Trinajstić information content (AvgIpc) is 2.30. The number of hydrogen-bond acceptors (Lipinski definition) is 3. The molecule has 1 aromatic rings. The summed E-state index contributed by atoms with van der Waals surface area (Å²) in [6, 6.07) is 1.94. The van der Waals surface area contributed by atoms with E-state index in [-0.39, 0.29) is 5.56 Å². The van der Waals surface area contributed by atoms with Gasteiger partial charge in [0, 0.05) is 5.56 Å². The fourth-order valence-electron chi connectivity index (χ4n) is 1.45. The maximum Gasteiger partial charge on any atom is 0.326 e. The van der Waals surface area contributed by atoms with Crippen LogP contribution in [0.1, 0.15) is 22.3 Å². The lowest BCUT2D eigenvalue weighted by atomic mass is 10.1. The number of nitrogens with one attached hydrogen (secondary N) is 1. The van der Waals surface area contributed by atoms with Crippen LogP contribution in [0, 0.1) is 12.7 Å². The normalized spacial score (nSPS) is 11.7. The Hall–Kier alpha value is -2.44. The van der Waals surface area contributed by atoms with Gasteiger partial charge >= 0.3 is 11.9 Å². The molecule has 0 fully saturated rings. The number of carboxylic acid groups (broad SMARTS) is 2. The zero-order valence-corrected chi connectivity index (χ0v) is 10.0. The molecular formula is C12H12FNO5. The molecule has 0 aliphatic heterocycles. The highest BCUT2D eigenvalue weighted by atomic mass is 19.1. The molecule has 102 valence electrons. The smallest absolute Gasteiger partial charge is 0.326 e. The molecule has 0 aliphatic rings. The van der Waals surface area contributed by atoms with E-state index in [2.05, 4.69) is 0 Å². The third-order valence-electron chi connectivity index (χ3n) is 2.43. The van der Waals surface area contributed by atoms with Gasteiger partial charge in [0.25, 0.3) is 5.91 Å². The SMILES string of the molecule is Cc1ccc(F)cc1C(=O)N[C@@H](CC(=O)O)C(=O)O. The van der Waals surface area contributed by atoms with Gasteiger partial charge in [-0.2, -0.15) is 0 Å². The maximum atomic E-state index is 13.0. The van der Waals surface area contributed by atoms with E-state index in [1.54, 1.807) is 6.92 Å². The minimum absolute atomic E-state index is 0.0309. The molecule has 1 atom stereocenters. The lowest BCUT2D eigenvalue weighted by Crippen LogP contribution is -2.42. The number of aryl methyl sites for hydroxylation is 1. The second-order valence-electron chi connectivity index (χ2n) is 3.92. The Morgan fingerprint density at radius 2 is 1.95 bits per heavy atom. The number of rotatable bonds is 5. The van der Waals surface area contributed by atoms with Crippen molar-refractivity contribution in [1.29, 1.82) is 0 Å². The molecule has 1 rings (SSSR count). The Morgan fingerprint density at radius 3 is 2.47 bits per heavy atom. The first kappa shape index (κ1) is 14.6. The molecule has 1 aromatic carbocycles. The topological polar surface area (TPSA) is 104 Å². The molecule has 6 nitrogen and oxygen atoms in total. The summed E-state index contributed by atoms with van der Waals surface area (Å²) in [5, 5.41) is 19.4. The Labute approximate surface area is 107 Å². The van der Waals surface area contributed by atoms with E-state index < -0.39 is 36.1 Å². The summed E-state index contributed by atoms with van der Waals surface area (Å²) in [6.45, 7) is 1.56. The van der Waals surface area contributed by atoms with E-state index in [9.17, 15) is 18.8 Å². The first-order valence-electron chi connectivity index (χ1n) is 5.33. The third kappa shape index (κ3) is 4.06.